The van der Waals surface area contributed by atoms with Crippen molar-refractivity contribution in [2.45, 2.75) is 13.0 Å². The van der Waals surface area contributed by atoms with E-state index in [1.807, 2.05) is 0 Å². The number of amides is 1. The lowest BCUT2D eigenvalue weighted by molar-refractivity contribution is -0.153. The topological polar surface area (TPSA) is 65.1 Å². The summed E-state index contributed by atoms with van der Waals surface area (Å²) in [4.78, 5) is 24.7. The molecule has 0 fully saturated rings. The summed E-state index contributed by atoms with van der Waals surface area (Å²) < 4.78 is 15.5. The average molecular weight is 307 g/mol. The summed E-state index contributed by atoms with van der Waals surface area (Å²) in [5, 5.41) is 0. The molecule has 0 aliphatic carbocycles. The molecule has 0 N–H and O–H groups in total. The first kappa shape index (κ1) is 17.6. The number of ether oxygens (including phenoxy) is 3. The zero-order chi connectivity index (χ0) is 16.7. The lowest BCUT2D eigenvalue weighted by Crippen LogP contribution is -2.34. The van der Waals surface area contributed by atoms with E-state index < -0.39 is 12.1 Å². The van der Waals surface area contributed by atoms with Crippen molar-refractivity contribution in [1.82, 2.24) is 4.90 Å². The predicted molar refractivity (Wildman–Crippen MR) is 82.8 cm³/mol. The van der Waals surface area contributed by atoms with Crippen LogP contribution in [-0.4, -0.2) is 51.2 Å². The molecule has 6 heteroatoms. The molecule has 0 unspecified atom stereocenters. The molecule has 22 heavy (non-hydrogen) atoms. The van der Waals surface area contributed by atoms with Crippen molar-refractivity contribution in [1.29, 1.82) is 0 Å². The van der Waals surface area contributed by atoms with Gasteiger partial charge in [-0.05, 0) is 19.1 Å². The fourth-order valence-electron chi connectivity index (χ4n) is 1.83. The summed E-state index contributed by atoms with van der Waals surface area (Å²) in [6.45, 7) is 1.53. The highest BCUT2D eigenvalue weighted by Gasteiger charge is 2.18. The second kappa shape index (κ2) is 8.07. The summed E-state index contributed by atoms with van der Waals surface area (Å²) in [5.74, 6) is 0.203. The van der Waals surface area contributed by atoms with Crippen LogP contribution < -0.4 is 9.47 Å². The molecule has 0 aliphatic heterocycles. The molecule has 1 aromatic rings. The number of hydrogen-bond donors (Lipinski definition) is 0. The molecule has 0 saturated heterocycles. The Labute approximate surface area is 130 Å². The van der Waals surface area contributed by atoms with Gasteiger partial charge in [0.05, 0.1) is 14.2 Å². The molecule has 1 atom stereocenters. The Hall–Kier alpha value is -2.50. The third kappa shape index (κ3) is 4.51. The summed E-state index contributed by atoms with van der Waals surface area (Å²) in [6.07, 6.45) is 1.96. The van der Waals surface area contributed by atoms with E-state index in [4.69, 9.17) is 14.2 Å². The Kier molecular flexibility index (Phi) is 6.44. The first-order chi connectivity index (χ1) is 10.4. The van der Waals surface area contributed by atoms with E-state index in [1.165, 1.54) is 32.1 Å². The Morgan fingerprint density at radius 1 is 1.18 bits per heavy atom. The zero-order valence-electron chi connectivity index (χ0n) is 13.5. The van der Waals surface area contributed by atoms with E-state index in [9.17, 15) is 9.59 Å². The summed E-state index contributed by atoms with van der Waals surface area (Å²) in [6, 6.07) is 5.32. The van der Waals surface area contributed by atoms with E-state index in [1.54, 1.807) is 38.4 Å². The molecule has 6 nitrogen and oxygen atoms in total. The predicted octanol–water partition coefficient (Wildman–Crippen LogP) is 1.74. The lowest BCUT2D eigenvalue weighted by atomic mass is 10.1. The van der Waals surface area contributed by atoms with Gasteiger partial charge in [0.1, 0.15) is 0 Å². The maximum Gasteiger partial charge on any atom is 0.331 e. The maximum atomic E-state index is 11.8. The highest BCUT2D eigenvalue weighted by Crippen LogP contribution is 2.31. The number of nitrogens with zero attached hydrogens (tertiary/aromatic N) is 1. The van der Waals surface area contributed by atoms with Crippen molar-refractivity contribution < 1.29 is 23.8 Å². The van der Waals surface area contributed by atoms with Gasteiger partial charge in [0, 0.05) is 25.7 Å². The van der Waals surface area contributed by atoms with E-state index in [0.29, 0.717) is 17.1 Å². The van der Waals surface area contributed by atoms with Crippen LogP contribution in [0.5, 0.6) is 11.5 Å². The van der Waals surface area contributed by atoms with Gasteiger partial charge in [-0.15, -0.1) is 0 Å². The second-order valence-corrected chi connectivity index (χ2v) is 4.73. The van der Waals surface area contributed by atoms with E-state index in [2.05, 4.69) is 0 Å². The van der Waals surface area contributed by atoms with Crippen LogP contribution in [0.25, 0.3) is 6.08 Å². The fraction of sp³-hybridized carbons (Fsp3) is 0.375. The Morgan fingerprint density at radius 2 is 1.86 bits per heavy atom. The molecule has 120 valence electrons. The standard InChI is InChI=1S/C16H21NO5/c1-11(16(19)17(2)3)22-14(18)10-9-12-7-6-8-13(20-4)15(12)21-5/h6-11H,1-5H3/b10-9+/t11-/m1/s1. The zero-order valence-corrected chi connectivity index (χ0v) is 13.5. The summed E-state index contributed by atoms with van der Waals surface area (Å²) >= 11 is 0. The molecular formula is C16H21NO5. The monoisotopic (exact) mass is 307 g/mol. The molecule has 1 amide bonds. The van der Waals surface area contributed by atoms with Crippen LogP contribution in [0.3, 0.4) is 0 Å². The van der Waals surface area contributed by atoms with Crippen LogP contribution in [0.2, 0.25) is 0 Å². The highest BCUT2D eigenvalue weighted by molar-refractivity contribution is 5.90. The maximum absolute atomic E-state index is 11.8. The van der Waals surface area contributed by atoms with E-state index in [0.717, 1.165) is 0 Å². The molecule has 1 rings (SSSR count). The lowest BCUT2D eigenvalue weighted by Gasteiger charge is -2.16. The van der Waals surface area contributed by atoms with Crippen LogP contribution >= 0.6 is 0 Å². The molecule has 0 spiro atoms. The third-order valence-electron chi connectivity index (χ3n) is 2.91. The molecule has 0 aromatic heterocycles. The number of benzene rings is 1. The van der Waals surface area contributed by atoms with Crippen molar-refractivity contribution >= 4 is 18.0 Å². The van der Waals surface area contributed by atoms with Crippen molar-refractivity contribution in [2.75, 3.05) is 28.3 Å². The second-order valence-electron chi connectivity index (χ2n) is 4.73. The van der Waals surface area contributed by atoms with Gasteiger partial charge in [0.25, 0.3) is 5.91 Å². The number of rotatable bonds is 6. The van der Waals surface area contributed by atoms with E-state index in [-0.39, 0.29) is 5.91 Å². The van der Waals surface area contributed by atoms with Crippen LogP contribution in [0.4, 0.5) is 0 Å². The molecule has 0 heterocycles. The SMILES string of the molecule is COc1cccc(/C=C/C(=O)O[C@H](C)C(=O)N(C)C)c1OC. The summed E-state index contributed by atoms with van der Waals surface area (Å²) in [7, 11) is 6.26. The number of para-hydroxylation sites is 1. The smallest absolute Gasteiger partial charge is 0.331 e. The van der Waals surface area contributed by atoms with E-state index >= 15 is 0 Å². The fourth-order valence-corrected chi connectivity index (χ4v) is 1.83. The van der Waals surface area contributed by atoms with Crippen LogP contribution in [0.1, 0.15) is 12.5 Å². The Morgan fingerprint density at radius 3 is 2.41 bits per heavy atom. The molecule has 0 radical (unpaired) electrons. The number of carbonyl (C=O) groups excluding carboxylic acids is 2. The molecular weight excluding hydrogens is 286 g/mol. The van der Waals surface area contributed by atoms with Crippen LogP contribution in [0.15, 0.2) is 24.3 Å². The number of hydrogen-bond acceptors (Lipinski definition) is 5. The molecule has 0 saturated carbocycles. The first-order valence-electron chi connectivity index (χ1n) is 6.71. The highest BCUT2D eigenvalue weighted by atomic mass is 16.5. The summed E-state index contributed by atoms with van der Waals surface area (Å²) in [5.41, 5.74) is 0.672. The van der Waals surface area contributed by atoms with Crippen LogP contribution in [0, 0.1) is 0 Å². The minimum atomic E-state index is -0.834. The van der Waals surface area contributed by atoms with Crippen molar-refractivity contribution in [3.63, 3.8) is 0 Å². The van der Waals surface area contributed by atoms with Gasteiger partial charge in [-0.25, -0.2) is 4.79 Å². The van der Waals surface area contributed by atoms with Gasteiger partial charge in [-0.2, -0.15) is 0 Å². The number of likely N-dealkylation sites (N-methyl/N-ethyl adjacent to an activating group) is 1. The van der Waals surface area contributed by atoms with Gasteiger partial charge in [-0.1, -0.05) is 12.1 Å². The van der Waals surface area contributed by atoms with Gasteiger partial charge < -0.3 is 19.1 Å². The van der Waals surface area contributed by atoms with Crippen LogP contribution in [-0.2, 0) is 14.3 Å². The Balaban J connectivity index is 2.80. The Bertz CT molecular complexity index is 566. The number of methoxy groups -OCH3 is 2. The van der Waals surface area contributed by atoms with Crippen molar-refractivity contribution in [3.8, 4) is 11.5 Å². The van der Waals surface area contributed by atoms with Gasteiger partial charge in [-0.3, -0.25) is 4.79 Å². The van der Waals surface area contributed by atoms with Gasteiger partial charge >= 0.3 is 5.97 Å². The number of carbonyl (C=O) groups is 2. The van der Waals surface area contributed by atoms with Gasteiger partial charge in [0.2, 0.25) is 0 Å². The van der Waals surface area contributed by atoms with Crippen molar-refractivity contribution in [2.24, 2.45) is 0 Å². The molecule has 0 bridgehead atoms. The third-order valence-corrected chi connectivity index (χ3v) is 2.91. The van der Waals surface area contributed by atoms with Crippen molar-refractivity contribution in [3.05, 3.63) is 29.8 Å². The van der Waals surface area contributed by atoms with Gasteiger partial charge in [0.15, 0.2) is 17.6 Å². The largest absolute Gasteiger partial charge is 0.493 e. The number of esters is 1. The quantitative estimate of drug-likeness (QED) is 0.591. The normalized spacial score (nSPS) is 11.9. The molecule has 0 aliphatic rings. The minimum Gasteiger partial charge on any atom is -0.493 e. The first-order valence-corrected chi connectivity index (χ1v) is 6.71. The molecule has 1 aromatic carbocycles. The average Bonchev–Trinajstić information content (AvgIpc) is 2.51. The minimum absolute atomic E-state index is 0.277.